The summed E-state index contributed by atoms with van der Waals surface area (Å²) in [7, 11) is 0. The SMILES string of the molecule is CCCCCCOc1c(N)cnc2ccccc12. The highest BCUT2D eigenvalue weighted by Crippen LogP contribution is 2.30. The number of nitrogens with two attached hydrogens (primary N) is 1. The molecule has 18 heavy (non-hydrogen) atoms. The zero-order chi connectivity index (χ0) is 12.8. The van der Waals surface area contributed by atoms with E-state index < -0.39 is 0 Å². The maximum atomic E-state index is 5.94. The van der Waals surface area contributed by atoms with E-state index in [2.05, 4.69) is 11.9 Å². The molecule has 2 N–H and O–H groups in total. The Hall–Kier alpha value is -1.77. The zero-order valence-corrected chi connectivity index (χ0v) is 10.9. The Bertz CT molecular complexity index is 511. The molecule has 0 bridgehead atoms. The predicted molar refractivity (Wildman–Crippen MR) is 75.8 cm³/mol. The summed E-state index contributed by atoms with van der Waals surface area (Å²) in [6.45, 7) is 2.92. The smallest absolute Gasteiger partial charge is 0.153 e. The van der Waals surface area contributed by atoms with Crippen molar-refractivity contribution in [1.29, 1.82) is 0 Å². The van der Waals surface area contributed by atoms with Gasteiger partial charge in [-0.3, -0.25) is 4.98 Å². The molecule has 0 fully saturated rings. The third-order valence-electron chi connectivity index (χ3n) is 3.00. The van der Waals surface area contributed by atoms with Crippen LogP contribution in [0.25, 0.3) is 10.9 Å². The quantitative estimate of drug-likeness (QED) is 0.787. The number of aromatic nitrogens is 1. The second-order valence-electron chi connectivity index (χ2n) is 4.47. The van der Waals surface area contributed by atoms with Gasteiger partial charge in [-0.05, 0) is 18.6 Å². The van der Waals surface area contributed by atoms with E-state index in [1.807, 2.05) is 24.3 Å². The highest BCUT2D eigenvalue weighted by Gasteiger charge is 2.07. The van der Waals surface area contributed by atoms with Crippen molar-refractivity contribution in [3.8, 4) is 5.75 Å². The second kappa shape index (κ2) is 6.24. The lowest BCUT2D eigenvalue weighted by molar-refractivity contribution is 0.310. The van der Waals surface area contributed by atoms with E-state index in [4.69, 9.17) is 10.5 Å². The first-order valence-electron chi connectivity index (χ1n) is 6.59. The molecule has 2 rings (SSSR count). The van der Waals surface area contributed by atoms with Crippen molar-refractivity contribution in [2.45, 2.75) is 32.6 Å². The zero-order valence-electron chi connectivity index (χ0n) is 10.9. The molecular formula is C15H20N2O. The maximum absolute atomic E-state index is 5.94. The van der Waals surface area contributed by atoms with Crippen LogP contribution in [0.15, 0.2) is 30.5 Å². The van der Waals surface area contributed by atoms with Crippen LogP contribution in [-0.4, -0.2) is 11.6 Å². The molecule has 0 aliphatic carbocycles. The van der Waals surface area contributed by atoms with Gasteiger partial charge in [0.25, 0.3) is 0 Å². The van der Waals surface area contributed by atoms with Crippen LogP contribution in [0.4, 0.5) is 5.69 Å². The fourth-order valence-electron chi connectivity index (χ4n) is 2.00. The molecule has 0 unspecified atom stereocenters. The van der Waals surface area contributed by atoms with Gasteiger partial charge in [-0.25, -0.2) is 0 Å². The molecule has 0 amide bonds. The number of anilines is 1. The number of fused-ring (bicyclic) bond motifs is 1. The van der Waals surface area contributed by atoms with Crippen LogP contribution in [0.5, 0.6) is 5.75 Å². The van der Waals surface area contributed by atoms with Crippen LogP contribution in [0, 0.1) is 0 Å². The third-order valence-corrected chi connectivity index (χ3v) is 3.00. The summed E-state index contributed by atoms with van der Waals surface area (Å²) < 4.78 is 5.83. The lowest BCUT2D eigenvalue weighted by atomic mass is 10.2. The van der Waals surface area contributed by atoms with Crippen LogP contribution in [0.3, 0.4) is 0 Å². The van der Waals surface area contributed by atoms with Gasteiger partial charge >= 0.3 is 0 Å². The minimum atomic E-state index is 0.615. The van der Waals surface area contributed by atoms with Crippen LogP contribution in [-0.2, 0) is 0 Å². The van der Waals surface area contributed by atoms with Gasteiger partial charge in [-0.15, -0.1) is 0 Å². The highest BCUT2D eigenvalue weighted by atomic mass is 16.5. The molecule has 1 aromatic heterocycles. The summed E-state index contributed by atoms with van der Waals surface area (Å²) >= 11 is 0. The van der Waals surface area contributed by atoms with Crippen molar-refractivity contribution in [3.05, 3.63) is 30.5 Å². The number of nitrogen functional groups attached to an aromatic ring is 1. The minimum Gasteiger partial charge on any atom is -0.491 e. The summed E-state index contributed by atoms with van der Waals surface area (Å²) in [4.78, 5) is 4.29. The number of nitrogens with zero attached hydrogens (tertiary/aromatic N) is 1. The summed E-state index contributed by atoms with van der Waals surface area (Å²) in [5.74, 6) is 0.775. The van der Waals surface area contributed by atoms with Crippen molar-refractivity contribution in [2.24, 2.45) is 0 Å². The van der Waals surface area contributed by atoms with Gasteiger partial charge in [0.05, 0.1) is 24.0 Å². The predicted octanol–water partition coefficient (Wildman–Crippen LogP) is 3.78. The van der Waals surface area contributed by atoms with Gasteiger partial charge in [0.15, 0.2) is 5.75 Å². The minimum absolute atomic E-state index is 0.615. The van der Waals surface area contributed by atoms with Gasteiger partial charge < -0.3 is 10.5 Å². The van der Waals surface area contributed by atoms with Crippen molar-refractivity contribution in [3.63, 3.8) is 0 Å². The molecule has 1 aromatic carbocycles. The molecule has 0 aliphatic heterocycles. The van der Waals surface area contributed by atoms with E-state index in [1.54, 1.807) is 6.20 Å². The van der Waals surface area contributed by atoms with Crippen LogP contribution in [0.2, 0.25) is 0 Å². The number of rotatable bonds is 6. The van der Waals surface area contributed by atoms with E-state index in [0.717, 1.165) is 29.7 Å². The summed E-state index contributed by atoms with van der Waals surface area (Å²) in [6, 6.07) is 7.92. The van der Waals surface area contributed by atoms with Crippen molar-refractivity contribution >= 4 is 16.6 Å². The molecule has 0 aliphatic rings. The topological polar surface area (TPSA) is 48.1 Å². The van der Waals surface area contributed by atoms with Gasteiger partial charge in [0.2, 0.25) is 0 Å². The van der Waals surface area contributed by atoms with Gasteiger partial charge in [-0.2, -0.15) is 0 Å². The number of unbranched alkanes of at least 4 members (excludes halogenated alkanes) is 3. The van der Waals surface area contributed by atoms with Gasteiger partial charge in [-0.1, -0.05) is 38.3 Å². The Morgan fingerprint density at radius 2 is 2.00 bits per heavy atom. The number of ether oxygens (including phenoxy) is 1. The molecule has 0 radical (unpaired) electrons. The summed E-state index contributed by atoms with van der Waals surface area (Å²) in [6.07, 6.45) is 6.45. The molecule has 2 aromatic rings. The molecule has 96 valence electrons. The first-order chi connectivity index (χ1) is 8.83. The van der Waals surface area contributed by atoms with Crippen LogP contribution in [0.1, 0.15) is 32.6 Å². The van der Waals surface area contributed by atoms with Crippen molar-refractivity contribution in [1.82, 2.24) is 4.98 Å². The monoisotopic (exact) mass is 244 g/mol. The van der Waals surface area contributed by atoms with E-state index in [1.165, 1.54) is 19.3 Å². The Morgan fingerprint density at radius 1 is 1.17 bits per heavy atom. The lowest BCUT2D eigenvalue weighted by Gasteiger charge is -2.11. The molecule has 0 saturated carbocycles. The first kappa shape index (κ1) is 12.7. The van der Waals surface area contributed by atoms with Gasteiger partial charge in [0, 0.05) is 5.39 Å². The molecule has 0 atom stereocenters. The molecule has 1 heterocycles. The fraction of sp³-hybridized carbons (Fsp3) is 0.400. The molecule has 0 spiro atoms. The van der Waals surface area contributed by atoms with E-state index in [9.17, 15) is 0 Å². The summed E-state index contributed by atoms with van der Waals surface area (Å²) in [5.41, 5.74) is 7.48. The standard InChI is InChI=1S/C15H20N2O/c1-2-3-4-7-10-18-15-12-8-5-6-9-14(12)17-11-13(15)16/h5-6,8-9,11H,2-4,7,10,16H2,1H3. The number of para-hydroxylation sites is 1. The van der Waals surface area contributed by atoms with Crippen molar-refractivity contribution in [2.75, 3.05) is 12.3 Å². The molecular weight excluding hydrogens is 224 g/mol. The average molecular weight is 244 g/mol. The Labute approximate surface area is 108 Å². The summed E-state index contributed by atoms with van der Waals surface area (Å²) in [5, 5.41) is 0.994. The Kier molecular flexibility index (Phi) is 4.40. The van der Waals surface area contributed by atoms with E-state index in [-0.39, 0.29) is 0 Å². The maximum Gasteiger partial charge on any atom is 0.153 e. The van der Waals surface area contributed by atoms with Crippen molar-refractivity contribution < 1.29 is 4.74 Å². The normalized spacial score (nSPS) is 10.7. The van der Waals surface area contributed by atoms with E-state index in [0.29, 0.717) is 5.69 Å². The molecule has 3 nitrogen and oxygen atoms in total. The number of pyridine rings is 1. The molecule has 0 saturated heterocycles. The lowest BCUT2D eigenvalue weighted by Crippen LogP contribution is -2.01. The largest absolute Gasteiger partial charge is 0.491 e. The van der Waals surface area contributed by atoms with Crippen LogP contribution < -0.4 is 10.5 Å². The Balaban J connectivity index is 2.09. The first-order valence-corrected chi connectivity index (χ1v) is 6.59. The highest BCUT2D eigenvalue weighted by molar-refractivity contribution is 5.89. The average Bonchev–Trinajstić information content (AvgIpc) is 2.41. The third kappa shape index (κ3) is 2.92. The molecule has 3 heteroatoms. The number of benzene rings is 1. The second-order valence-corrected chi connectivity index (χ2v) is 4.47. The fourth-order valence-corrected chi connectivity index (χ4v) is 2.00. The van der Waals surface area contributed by atoms with Crippen LogP contribution >= 0.6 is 0 Å². The number of hydrogen-bond donors (Lipinski definition) is 1. The van der Waals surface area contributed by atoms with E-state index >= 15 is 0 Å². The van der Waals surface area contributed by atoms with Gasteiger partial charge in [0.1, 0.15) is 0 Å². The number of hydrogen-bond acceptors (Lipinski definition) is 3. The Morgan fingerprint density at radius 3 is 2.83 bits per heavy atom.